The zero-order valence-corrected chi connectivity index (χ0v) is 13.6. The number of hydrogen-bond acceptors (Lipinski definition) is 5. The van der Waals surface area contributed by atoms with E-state index < -0.39 is 0 Å². The van der Waals surface area contributed by atoms with Gasteiger partial charge in [-0.2, -0.15) is 0 Å². The van der Waals surface area contributed by atoms with E-state index in [-0.39, 0.29) is 18.4 Å². The summed E-state index contributed by atoms with van der Waals surface area (Å²) >= 11 is 1.43. The number of amides is 2. The Labute approximate surface area is 141 Å². The minimum atomic E-state index is -0.269. The van der Waals surface area contributed by atoms with E-state index in [2.05, 4.69) is 15.6 Å². The molecule has 7 heteroatoms. The zero-order valence-electron chi connectivity index (χ0n) is 12.8. The maximum Gasteiger partial charge on any atom is 0.262 e. The second-order valence-corrected chi connectivity index (χ2v) is 6.47. The van der Waals surface area contributed by atoms with Crippen LogP contribution in [-0.2, 0) is 4.79 Å². The van der Waals surface area contributed by atoms with Gasteiger partial charge in [0, 0.05) is 5.56 Å². The first-order chi connectivity index (χ1) is 11.6. The number of aryl methyl sites for hydroxylation is 1. The van der Waals surface area contributed by atoms with Crippen molar-refractivity contribution in [1.29, 1.82) is 0 Å². The van der Waals surface area contributed by atoms with Crippen LogP contribution in [0.5, 0.6) is 5.75 Å². The molecule has 0 aliphatic carbocycles. The standard InChI is InChI=1S/C17H13N3O3S/c1-9-3-2-4-13-15(9)19-17(24-13)20-16(22)10-5-6-11-12(7-10)23-8-14(21)18-11/h2-7H,8H2,1H3,(H,18,21)(H,19,20,22). The number of carbonyl (C=O) groups excluding carboxylic acids is 2. The third-order valence-electron chi connectivity index (χ3n) is 3.72. The average molecular weight is 339 g/mol. The van der Waals surface area contributed by atoms with Gasteiger partial charge in [-0.25, -0.2) is 4.98 Å². The predicted octanol–water partition coefficient (Wildman–Crippen LogP) is 3.19. The average Bonchev–Trinajstić information content (AvgIpc) is 2.98. The number of ether oxygens (including phenoxy) is 1. The van der Waals surface area contributed by atoms with Crippen LogP contribution in [0, 0.1) is 6.92 Å². The van der Waals surface area contributed by atoms with Gasteiger partial charge in [-0.3, -0.25) is 14.9 Å². The number of benzene rings is 2. The number of hydrogen-bond donors (Lipinski definition) is 2. The Hall–Kier alpha value is -2.93. The molecule has 2 heterocycles. The van der Waals surface area contributed by atoms with Crippen molar-refractivity contribution in [1.82, 2.24) is 4.98 Å². The molecular formula is C17H13N3O3S. The molecule has 1 aliphatic heterocycles. The highest BCUT2D eigenvalue weighted by Gasteiger charge is 2.18. The molecule has 0 spiro atoms. The van der Waals surface area contributed by atoms with E-state index in [1.165, 1.54) is 11.3 Å². The first-order valence-electron chi connectivity index (χ1n) is 7.34. The van der Waals surface area contributed by atoms with Crippen molar-refractivity contribution in [2.75, 3.05) is 17.2 Å². The van der Waals surface area contributed by atoms with E-state index in [0.717, 1.165) is 15.8 Å². The molecule has 0 saturated carbocycles. The molecule has 6 nitrogen and oxygen atoms in total. The molecule has 24 heavy (non-hydrogen) atoms. The number of anilines is 2. The lowest BCUT2D eigenvalue weighted by molar-refractivity contribution is -0.118. The summed E-state index contributed by atoms with van der Waals surface area (Å²) in [5.41, 5.74) is 2.98. The van der Waals surface area contributed by atoms with E-state index in [0.29, 0.717) is 22.1 Å². The number of nitrogens with one attached hydrogen (secondary N) is 2. The Kier molecular flexibility index (Phi) is 3.42. The van der Waals surface area contributed by atoms with Gasteiger partial charge in [-0.1, -0.05) is 23.5 Å². The van der Waals surface area contributed by atoms with E-state index in [9.17, 15) is 9.59 Å². The second-order valence-electron chi connectivity index (χ2n) is 5.44. The Bertz CT molecular complexity index is 980. The zero-order chi connectivity index (χ0) is 16.7. The van der Waals surface area contributed by atoms with Crippen LogP contribution < -0.4 is 15.4 Å². The first kappa shape index (κ1) is 14.6. The van der Waals surface area contributed by atoms with E-state index >= 15 is 0 Å². The van der Waals surface area contributed by atoms with Gasteiger partial charge in [-0.05, 0) is 36.8 Å². The number of rotatable bonds is 2. The fourth-order valence-corrected chi connectivity index (χ4v) is 3.46. The van der Waals surface area contributed by atoms with Crippen LogP contribution >= 0.6 is 11.3 Å². The van der Waals surface area contributed by atoms with Crippen molar-refractivity contribution < 1.29 is 14.3 Å². The molecule has 120 valence electrons. The van der Waals surface area contributed by atoms with Crippen LogP contribution in [-0.4, -0.2) is 23.4 Å². The summed E-state index contributed by atoms with van der Waals surface area (Å²) in [7, 11) is 0. The normalized spacial score (nSPS) is 13.1. The van der Waals surface area contributed by atoms with E-state index in [1.807, 2.05) is 25.1 Å². The number of aromatic nitrogens is 1. The molecule has 0 fully saturated rings. The summed E-state index contributed by atoms with van der Waals surface area (Å²) in [6, 6.07) is 10.8. The van der Waals surface area contributed by atoms with Crippen LogP contribution in [0.25, 0.3) is 10.2 Å². The summed E-state index contributed by atoms with van der Waals surface area (Å²) in [6.45, 7) is 1.94. The molecule has 2 N–H and O–H groups in total. The fourth-order valence-electron chi connectivity index (χ4n) is 2.52. The number of fused-ring (bicyclic) bond motifs is 2. The molecule has 0 unspecified atom stereocenters. The largest absolute Gasteiger partial charge is 0.482 e. The van der Waals surface area contributed by atoms with Crippen molar-refractivity contribution >= 4 is 44.2 Å². The van der Waals surface area contributed by atoms with Gasteiger partial charge in [0.05, 0.1) is 15.9 Å². The quantitative estimate of drug-likeness (QED) is 0.751. The molecule has 0 radical (unpaired) electrons. The van der Waals surface area contributed by atoms with Crippen molar-refractivity contribution in [3.63, 3.8) is 0 Å². The summed E-state index contributed by atoms with van der Waals surface area (Å²) in [4.78, 5) is 28.2. The Morgan fingerprint density at radius 3 is 3.04 bits per heavy atom. The number of para-hydroxylation sites is 1. The highest BCUT2D eigenvalue weighted by atomic mass is 32.1. The first-order valence-corrected chi connectivity index (χ1v) is 8.16. The molecule has 1 aliphatic rings. The number of thiazole rings is 1. The lowest BCUT2D eigenvalue weighted by Gasteiger charge is -2.18. The predicted molar refractivity (Wildman–Crippen MR) is 92.9 cm³/mol. The smallest absolute Gasteiger partial charge is 0.262 e. The van der Waals surface area contributed by atoms with Crippen molar-refractivity contribution in [2.45, 2.75) is 6.92 Å². The Morgan fingerprint density at radius 2 is 2.21 bits per heavy atom. The van der Waals surface area contributed by atoms with Crippen molar-refractivity contribution in [3.05, 3.63) is 47.5 Å². The Balaban J connectivity index is 1.59. The molecule has 0 saturated heterocycles. The molecule has 2 aromatic carbocycles. The van der Waals surface area contributed by atoms with Gasteiger partial charge in [0.25, 0.3) is 11.8 Å². The monoisotopic (exact) mass is 339 g/mol. The van der Waals surface area contributed by atoms with Crippen LogP contribution in [0.2, 0.25) is 0 Å². The van der Waals surface area contributed by atoms with Gasteiger partial charge in [0.1, 0.15) is 5.75 Å². The van der Waals surface area contributed by atoms with Crippen molar-refractivity contribution in [2.24, 2.45) is 0 Å². The molecular weight excluding hydrogens is 326 g/mol. The molecule has 1 aromatic heterocycles. The number of nitrogens with zero attached hydrogens (tertiary/aromatic N) is 1. The lowest BCUT2D eigenvalue weighted by Crippen LogP contribution is -2.25. The molecule has 0 atom stereocenters. The molecule has 3 aromatic rings. The third kappa shape index (κ3) is 2.59. The van der Waals surface area contributed by atoms with Crippen LogP contribution in [0.15, 0.2) is 36.4 Å². The van der Waals surface area contributed by atoms with Gasteiger partial charge < -0.3 is 10.1 Å². The van der Waals surface area contributed by atoms with Gasteiger partial charge >= 0.3 is 0 Å². The maximum absolute atomic E-state index is 12.4. The van der Waals surface area contributed by atoms with E-state index in [1.54, 1.807) is 18.2 Å². The lowest BCUT2D eigenvalue weighted by atomic mass is 10.1. The number of carbonyl (C=O) groups is 2. The Morgan fingerprint density at radius 1 is 1.33 bits per heavy atom. The van der Waals surface area contributed by atoms with Crippen molar-refractivity contribution in [3.8, 4) is 5.75 Å². The highest BCUT2D eigenvalue weighted by Crippen LogP contribution is 2.30. The van der Waals surface area contributed by atoms with Crippen LogP contribution in [0.1, 0.15) is 15.9 Å². The highest BCUT2D eigenvalue weighted by molar-refractivity contribution is 7.22. The maximum atomic E-state index is 12.4. The fraction of sp³-hybridized carbons (Fsp3) is 0.118. The second kappa shape index (κ2) is 5.61. The molecule has 2 amide bonds. The third-order valence-corrected chi connectivity index (χ3v) is 4.65. The summed E-state index contributed by atoms with van der Waals surface area (Å²) in [5, 5.41) is 6.06. The van der Waals surface area contributed by atoms with Gasteiger partial charge in [0.15, 0.2) is 11.7 Å². The minimum absolute atomic E-state index is 0.0464. The van der Waals surface area contributed by atoms with E-state index in [4.69, 9.17) is 4.74 Å². The minimum Gasteiger partial charge on any atom is -0.482 e. The summed E-state index contributed by atoms with van der Waals surface area (Å²) < 4.78 is 6.36. The summed E-state index contributed by atoms with van der Waals surface area (Å²) in [6.07, 6.45) is 0. The molecule has 4 rings (SSSR count). The topological polar surface area (TPSA) is 80.3 Å². The van der Waals surface area contributed by atoms with Gasteiger partial charge in [0.2, 0.25) is 0 Å². The molecule has 0 bridgehead atoms. The van der Waals surface area contributed by atoms with Crippen LogP contribution in [0.3, 0.4) is 0 Å². The van der Waals surface area contributed by atoms with Gasteiger partial charge in [-0.15, -0.1) is 0 Å². The summed E-state index contributed by atoms with van der Waals surface area (Å²) in [5.74, 6) is 0.0157. The van der Waals surface area contributed by atoms with Crippen LogP contribution in [0.4, 0.5) is 10.8 Å². The SMILES string of the molecule is Cc1cccc2sc(NC(=O)c3ccc4c(c3)OCC(=O)N4)nc12.